The fraction of sp³-hybridized carbons (Fsp3) is 0.567. The van der Waals surface area contributed by atoms with Crippen LogP contribution in [0.2, 0.25) is 0 Å². The molecule has 2 unspecified atom stereocenters. The Bertz CT molecular complexity index is 956. The molecule has 2 aliphatic heterocycles. The third-order valence-corrected chi connectivity index (χ3v) is 7.82. The van der Waals surface area contributed by atoms with Gasteiger partial charge in [0.15, 0.2) is 0 Å². The fourth-order valence-corrected chi connectivity index (χ4v) is 5.20. The molecular formula is C30H44N6. The van der Waals surface area contributed by atoms with Crippen molar-refractivity contribution in [1.82, 2.24) is 25.8 Å². The SMILES string of the molecule is C=C(NCC(C#N)CN1CCc2ccccc2C1)C1=C/C(NC2CCC2)N(C)CCCCCN\C=C\1. The van der Waals surface area contributed by atoms with Crippen molar-refractivity contribution >= 4 is 0 Å². The number of nitrogens with zero attached hydrogens (tertiary/aromatic N) is 3. The molecular weight excluding hydrogens is 444 g/mol. The summed E-state index contributed by atoms with van der Waals surface area (Å²) < 4.78 is 0. The van der Waals surface area contributed by atoms with Crippen LogP contribution in [-0.2, 0) is 13.0 Å². The van der Waals surface area contributed by atoms with Gasteiger partial charge in [-0.2, -0.15) is 5.26 Å². The van der Waals surface area contributed by atoms with Gasteiger partial charge < -0.3 is 10.6 Å². The number of nitriles is 1. The van der Waals surface area contributed by atoms with Crippen LogP contribution in [-0.4, -0.2) is 61.8 Å². The van der Waals surface area contributed by atoms with Crippen molar-refractivity contribution in [2.24, 2.45) is 5.92 Å². The van der Waals surface area contributed by atoms with E-state index in [2.05, 4.69) is 81.9 Å². The number of fused-ring (bicyclic) bond motifs is 1. The van der Waals surface area contributed by atoms with Gasteiger partial charge in [-0.05, 0) is 80.7 Å². The van der Waals surface area contributed by atoms with E-state index in [1.54, 1.807) is 0 Å². The highest BCUT2D eigenvalue weighted by atomic mass is 15.3. The largest absolute Gasteiger partial charge is 0.391 e. The molecule has 2 heterocycles. The third kappa shape index (κ3) is 7.70. The summed E-state index contributed by atoms with van der Waals surface area (Å²) in [6.07, 6.45) is 15.2. The summed E-state index contributed by atoms with van der Waals surface area (Å²) in [6.45, 7) is 9.75. The van der Waals surface area contributed by atoms with Gasteiger partial charge in [0.1, 0.15) is 0 Å². The first kappa shape index (κ1) is 26.5. The maximum Gasteiger partial charge on any atom is 0.0798 e. The lowest BCUT2D eigenvalue weighted by Crippen LogP contribution is -2.50. The molecule has 6 heteroatoms. The highest BCUT2D eigenvalue weighted by molar-refractivity contribution is 5.38. The molecule has 0 aromatic heterocycles. The number of allylic oxidation sites excluding steroid dienone is 1. The Morgan fingerprint density at radius 1 is 1.17 bits per heavy atom. The van der Waals surface area contributed by atoms with E-state index in [0.717, 1.165) is 50.4 Å². The molecule has 6 nitrogen and oxygen atoms in total. The van der Waals surface area contributed by atoms with Crippen molar-refractivity contribution in [3.63, 3.8) is 0 Å². The molecule has 2 atom stereocenters. The Kier molecular flexibility index (Phi) is 10.0. The van der Waals surface area contributed by atoms with Gasteiger partial charge in [-0.1, -0.05) is 43.7 Å². The van der Waals surface area contributed by atoms with Crippen LogP contribution in [0.3, 0.4) is 0 Å². The summed E-state index contributed by atoms with van der Waals surface area (Å²) in [5.74, 6) is -0.0902. The predicted molar refractivity (Wildman–Crippen MR) is 148 cm³/mol. The molecule has 1 fully saturated rings. The Hall–Kier alpha value is -2.59. The minimum Gasteiger partial charge on any atom is -0.391 e. The first-order valence-corrected chi connectivity index (χ1v) is 13.8. The van der Waals surface area contributed by atoms with Crippen LogP contribution in [0.1, 0.15) is 49.7 Å². The summed E-state index contributed by atoms with van der Waals surface area (Å²) >= 11 is 0. The lowest BCUT2D eigenvalue weighted by Gasteiger charge is -2.35. The molecule has 0 radical (unpaired) electrons. The lowest BCUT2D eigenvalue weighted by molar-refractivity contribution is 0.192. The standard InChI is InChI=1S/C30H44N6/c1-24(33-21-25(20-31)22-36-18-14-26-9-4-5-10-28(26)23-36)27-13-16-32-15-6-3-7-17-35(2)30(19-27)34-29-11-8-12-29/h4-5,9-10,13,16,19,25,29-30,32-34H,1,3,6-8,11-12,14-15,17-18,21-23H2,2H3/b16-13+,27-19+. The van der Waals surface area contributed by atoms with Crippen LogP contribution >= 0.6 is 0 Å². The minimum atomic E-state index is -0.0902. The normalized spacial score (nSPS) is 25.3. The second-order valence-corrected chi connectivity index (χ2v) is 10.6. The molecule has 1 aliphatic carbocycles. The molecule has 0 saturated heterocycles. The smallest absolute Gasteiger partial charge is 0.0798 e. The highest BCUT2D eigenvalue weighted by Crippen LogP contribution is 2.21. The van der Waals surface area contributed by atoms with Gasteiger partial charge in [-0.3, -0.25) is 15.1 Å². The van der Waals surface area contributed by atoms with Gasteiger partial charge in [-0.15, -0.1) is 0 Å². The molecule has 194 valence electrons. The average molecular weight is 489 g/mol. The molecule has 0 spiro atoms. The van der Waals surface area contributed by atoms with E-state index in [1.165, 1.54) is 49.7 Å². The van der Waals surface area contributed by atoms with Crippen LogP contribution in [0.5, 0.6) is 0 Å². The van der Waals surface area contributed by atoms with Crippen LogP contribution in [0.25, 0.3) is 0 Å². The van der Waals surface area contributed by atoms with E-state index in [-0.39, 0.29) is 12.1 Å². The zero-order valence-corrected chi connectivity index (χ0v) is 22.0. The maximum atomic E-state index is 9.89. The molecule has 36 heavy (non-hydrogen) atoms. The number of nitrogens with one attached hydrogen (secondary N) is 3. The Labute approximate surface area is 218 Å². The number of hydrogen-bond acceptors (Lipinski definition) is 6. The van der Waals surface area contributed by atoms with Gasteiger partial charge in [0.2, 0.25) is 0 Å². The zero-order valence-electron chi connectivity index (χ0n) is 22.0. The van der Waals surface area contributed by atoms with Crippen molar-refractivity contribution in [3.05, 3.63) is 71.6 Å². The first-order chi connectivity index (χ1) is 17.6. The van der Waals surface area contributed by atoms with Crippen molar-refractivity contribution in [1.29, 1.82) is 5.26 Å². The Balaban J connectivity index is 1.38. The van der Waals surface area contributed by atoms with Crippen molar-refractivity contribution in [2.45, 2.75) is 63.7 Å². The summed E-state index contributed by atoms with van der Waals surface area (Å²) in [6, 6.07) is 11.8. The molecule has 0 amide bonds. The van der Waals surface area contributed by atoms with Crippen molar-refractivity contribution in [2.75, 3.05) is 39.8 Å². The second-order valence-electron chi connectivity index (χ2n) is 10.6. The fourth-order valence-electron chi connectivity index (χ4n) is 5.20. The van der Waals surface area contributed by atoms with Gasteiger partial charge in [0, 0.05) is 44.5 Å². The predicted octanol–water partition coefficient (Wildman–Crippen LogP) is 3.90. The minimum absolute atomic E-state index is 0.0902. The molecule has 3 aliphatic rings. The Morgan fingerprint density at radius 2 is 2.00 bits per heavy atom. The molecule has 1 saturated carbocycles. The summed E-state index contributed by atoms with van der Waals surface area (Å²) in [4.78, 5) is 4.84. The summed E-state index contributed by atoms with van der Waals surface area (Å²) in [5, 5.41) is 20.7. The van der Waals surface area contributed by atoms with E-state index < -0.39 is 0 Å². The van der Waals surface area contributed by atoms with Gasteiger partial charge in [0.25, 0.3) is 0 Å². The van der Waals surface area contributed by atoms with E-state index >= 15 is 0 Å². The lowest BCUT2D eigenvalue weighted by atomic mass is 9.92. The summed E-state index contributed by atoms with van der Waals surface area (Å²) in [5.41, 5.74) is 4.79. The van der Waals surface area contributed by atoms with Crippen LogP contribution < -0.4 is 16.0 Å². The van der Waals surface area contributed by atoms with Crippen LogP contribution in [0.4, 0.5) is 0 Å². The monoisotopic (exact) mass is 488 g/mol. The van der Waals surface area contributed by atoms with Gasteiger partial charge >= 0.3 is 0 Å². The number of benzene rings is 1. The number of rotatable bonds is 8. The van der Waals surface area contributed by atoms with Gasteiger partial charge in [-0.25, -0.2) is 0 Å². The van der Waals surface area contributed by atoms with E-state index in [1.807, 2.05) is 6.20 Å². The zero-order chi connectivity index (χ0) is 25.2. The van der Waals surface area contributed by atoms with Crippen molar-refractivity contribution < 1.29 is 0 Å². The Morgan fingerprint density at radius 3 is 2.78 bits per heavy atom. The highest BCUT2D eigenvalue weighted by Gasteiger charge is 2.23. The summed E-state index contributed by atoms with van der Waals surface area (Å²) in [7, 11) is 2.22. The molecule has 0 bridgehead atoms. The number of likely N-dealkylation sites (N-methyl/N-ethyl adjacent to an activating group) is 1. The molecule has 1 aromatic rings. The topological polar surface area (TPSA) is 66.4 Å². The van der Waals surface area contributed by atoms with Crippen molar-refractivity contribution in [3.8, 4) is 6.07 Å². The van der Waals surface area contributed by atoms with Gasteiger partial charge in [0.05, 0.1) is 18.2 Å². The number of hydrogen-bond donors (Lipinski definition) is 3. The maximum absolute atomic E-state index is 9.89. The average Bonchev–Trinajstić information content (AvgIpc) is 2.86. The van der Waals surface area contributed by atoms with E-state index in [9.17, 15) is 5.26 Å². The van der Waals surface area contributed by atoms with Crippen LogP contribution in [0.15, 0.2) is 60.5 Å². The first-order valence-electron chi connectivity index (χ1n) is 13.8. The van der Waals surface area contributed by atoms with E-state index in [4.69, 9.17) is 0 Å². The molecule has 3 N–H and O–H groups in total. The van der Waals surface area contributed by atoms with E-state index in [0.29, 0.717) is 12.6 Å². The third-order valence-electron chi connectivity index (χ3n) is 7.82. The van der Waals surface area contributed by atoms with Crippen LogP contribution in [0, 0.1) is 17.2 Å². The second kappa shape index (κ2) is 13.6. The molecule has 4 rings (SSSR count). The molecule has 1 aromatic carbocycles. The quantitative estimate of drug-likeness (QED) is 0.516.